The summed E-state index contributed by atoms with van der Waals surface area (Å²) in [6.07, 6.45) is -1.65. The molecule has 228 valence electrons. The van der Waals surface area contributed by atoms with Crippen LogP contribution < -0.4 is 15.5 Å². The summed E-state index contributed by atoms with van der Waals surface area (Å²) in [5.41, 5.74) is 5.05. The van der Waals surface area contributed by atoms with Gasteiger partial charge in [-0.2, -0.15) is 18.4 Å². The van der Waals surface area contributed by atoms with Crippen molar-refractivity contribution in [1.29, 1.82) is 5.26 Å². The zero-order valence-corrected chi connectivity index (χ0v) is 24.4. The van der Waals surface area contributed by atoms with Gasteiger partial charge in [-0.05, 0) is 73.8 Å². The van der Waals surface area contributed by atoms with Crippen LogP contribution >= 0.6 is 0 Å². The fourth-order valence-corrected chi connectivity index (χ4v) is 7.16. The van der Waals surface area contributed by atoms with Crippen LogP contribution in [0.1, 0.15) is 35.2 Å². The lowest BCUT2D eigenvalue weighted by Gasteiger charge is -2.54. The molecule has 3 fully saturated rings. The van der Waals surface area contributed by atoms with E-state index in [1.165, 1.54) is 23.5 Å². The molecule has 3 saturated heterocycles. The van der Waals surface area contributed by atoms with Gasteiger partial charge in [0.1, 0.15) is 23.9 Å². The molecule has 2 amide bonds. The summed E-state index contributed by atoms with van der Waals surface area (Å²) in [6.45, 7) is 7.61. The van der Waals surface area contributed by atoms with Gasteiger partial charge < -0.3 is 20.1 Å². The first kappa shape index (κ1) is 28.4. The van der Waals surface area contributed by atoms with Crippen molar-refractivity contribution >= 4 is 33.7 Å². The maximum absolute atomic E-state index is 13.0. The molecule has 5 heterocycles. The van der Waals surface area contributed by atoms with Crippen LogP contribution in [0.2, 0.25) is 0 Å². The third-order valence-corrected chi connectivity index (χ3v) is 9.57. The molecule has 0 saturated carbocycles. The van der Waals surface area contributed by atoms with Gasteiger partial charge >= 0.3 is 12.2 Å². The van der Waals surface area contributed by atoms with Crippen LogP contribution in [-0.4, -0.2) is 70.4 Å². The first-order valence-electron chi connectivity index (χ1n) is 14.9. The number of alkyl halides is 3. The number of aryl methyl sites for hydroxylation is 1. The number of aromatic nitrogens is 3. The van der Waals surface area contributed by atoms with Crippen LogP contribution in [0.5, 0.6) is 0 Å². The number of piperidine rings is 1. The van der Waals surface area contributed by atoms with E-state index in [2.05, 4.69) is 55.5 Å². The highest BCUT2D eigenvalue weighted by Gasteiger charge is 2.45. The number of amides is 2. The number of nitrogens with one attached hydrogen (secondary N) is 2. The van der Waals surface area contributed by atoms with Crippen LogP contribution in [0.25, 0.3) is 21.8 Å². The van der Waals surface area contributed by atoms with E-state index in [4.69, 9.17) is 0 Å². The molecule has 2 aromatic heterocycles. The highest BCUT2D eigenvalue weighted by atomic mass is 19.4. The predicted octanol–water partition coefficient (Wildman–Crippen LogP) is 4.65. The SMILES string of the molecule is Cc1c(CN2CCC3(CC2)CN(c2ncnc4ccc(CC(F)(F)F)cc24)C3)ccc2c1cc(C#N)n2CC1CNC(=O)N1. The Morgan fingerprint density at radius 1 is 1.09 bits per heavy atom. The number of hydrogen-bond acceptors (Lipinski definition) is 6. The molecule has 12 heteroatoms. The number of hydrogen-bond donors (Lipinski definition) is 2. The molecule has 0 aliphatic carbocycles. The van der Waals surface area contributed by atoms with Gasteiger partial charge in [0, 0.05) is 54.4 Å². The number of nitrogens with zero attached hydrogens (tertiary/aromatic N) is 6. The van der Waals surface area contributed by atoms with Gasteiger partial charge in [-0.15, -0.1) is 0 Å². The van der Waals surface area contributed by atoms with E-state index in [1.54, 1.807) is 12.1 Å². The Morgan fingerprint density at radius 3 is 2.59 bits per heavy atom. The maximum atomic E-state index is 13.0. The normalized spacial score (nSPS) is 20.1. The molecule has 1 unspecified atom stereocenters. The second kappa shape index (κ2) is 10.7. The highest BCUT2D eigenvalue weighted by molar-refractivity contribution is 5.90. The van der Waals surface area contributed by atoms with Crippen molar-refractivity contribution in [2.75, 3.05) is 37.6 Å². The van der Waals surface area contributed by atoms with Crippen molar-refractivity contribution < 1.29 is 18.0 Å². The van der Waals surface area contributed by atoms with E-state index in [9.17, 15) is 23.2 Å². The van der Waals surface area contributed by atoms with Crippen molar-refractivity contribution in [3.05, 3.63) is 65.1 Å². The standard InChI is InChI=1S/C32H33F3N8O/c1-20-22(3-5-28-25(20)11-24(13-36)43(28)16-23-14-37-30(44)40-23)15-41-8-6-31(7-9-41)17-42(18-31)29-26-10-21(12-32(33,34)35)2-4-27(26)38-19-39-29/h2-5,10-11,19,23H,6-9,12,14-18H2,1H3,(H2,37,40,44). The first-order valence-corrected chi connectivity index (χ1v) is 14.9. The van der Waals surface area contributed by atoms with Crippen molar-refractivity contribution in [1.82, 2.24) is 30.1 Å². The van der Waals surface area contributed by atoms with Crippen LogP contribution in [0, 0.1) is 23.7 Å². The quantitative estimate of drug-likeness (QED) is 0.333. The molecule has 3 aliphatic heterocycles. The molecule has 7 rings (SSSR count). The van der Waals surface area contributed by atoms with E-state index in [1.807, 2.05) is 10.6 Å². The molecule has 0 bridgehead atoms. The number of fused-ring (bicyclic) bond motifs is 2. The molecular weight excluding hydrogens is 569 g/mol. The fourth-order valence-electron chi connectivity index (χ4n) is 7.16. The summed E-state index contributed by atoms with van der Waals surface area (Å²) < 4.78 is 41.0. The molecule has 44 heavy (non-hydrogen) atoms. The summed E-state index contributed by atoms with van der Waals surface area (Å²) in [6, 6.07) is 13.0. The summed E-state index contributed by atoms with van der Waals surface area (Å²) in [5, 5.41) is 17.2. The monoisotopic (exact) mass is 602 g/mol. The minimum absolute atomic E-state index is 0.0619. The number of nitriles is 1. The minimum atomic E-state index is -4.26. The molecule has 2 N–H and O–H groups in total. The van der Waals surface area contributed by atoms with E-state index in [0.717, 1.165) is 56.5 Å². The summed E-state index contributed by atoms with van der Waals surface area (Å²) in [4.78, 5) is 25.0. The number of carbonyl (C=O) groups excluding carboxylic acids is 1. The van der Waals surface area contributed by atoms with Crippen molar-refractivity contribution in [3.8, 4) is 6.07 Å². The Balaban J connectivity index is 1.01. The van der Waals surface area contributed by atoms with Gasteiger partial charge in [-0.1, -0.05) is 12.1 Å². The Bertz CT molecular complexity index is 1790. The average Bonchev–Trinajstić information content (AvgIpc) is 3.55. The molecule has 9 nitrogen and oxygen atoms in total. The predicted molar refractivity (Wildman–Crippen MR) is 160 cm³/mol. The number of benzene rings is 2. The highest BCUT2D eigenvalue weighted by Crippen LogP contribution is 2.44. The zero-order chi connectivity index (χ0) is 30.6. The number of carbonyl (C=O) groups is 1. The molecular formula is C32H33F3N8O. The molecule has 0 radical (unpaired) electrons. The van der Waals surface area contributed by atoms with Gasteiger partial charge in [-0.3, -0.25) is 4.90 Å². The maximum Gasteiger partial charge on any atom is 0.393 e. The summed E-state index contributed by atoms with van der Waals surface area (Å²) in [5.74, 6) is 0.714. The molecule has 1 atom stereocenters. The second-order valence-electron chi connectivity index (χ2n) is 12.6. The number of likely N-dealkylation sites (tertiary alicyclic amines) is 1. The average molecular weight is 603 g/mol. The summed E-state index contributed by atoms with van der Waals surface area (Å²) >= 11 is 0. The molecule has 3 aliphatic rings. The van der Waals surface area contributed by atoms with Crippen LogP contribution in [0.15, 0.2) is 42.7 Å². The Morgan fingerprint density at radius 2 is 1.89 bits per heavy atom. The topological polar surface area (TPSA) is 102 Å². The van der Waals surface area contributed by atoms with Crippen molar-refractivity contribution in [3.63, 3.8) is 0 Å². The smallest absolute Gasteiger partial charge is 0.355 e. The van der Waals surface area contributed by atoms with Gasteiger partial charge in [0.15, 0.2) is 0 Å². The van der Waals surface area contributed by atoms with Crippen LogP contribution in [-0.2, 0) is 19.5 Å². The second-order valence-corrected chi connectivity index (χ2v) is 12.6. The van der Waals surface area contributed by atoms with E-state index in [-0.39, 0.29) is 23.1 Å². The lowest BCUT2D eigenvalue weighted by Crippen LogP contribution is -2.60. The first-order chi connectivity index (χ1) is 21.1. The number of halogens is 3. The third-order valence-electron chi connectivity index (χ3n) is 9.57. The van der Waals surface area contributed by atoms with Gasteiger partial charge in [0.05, 0.1) is 18.0 Å². The summed E-state index contributed by atoms with van der Waals surface area (Å²) in [7, 11) is 0. The molecule has 4 aromatic rings. The van der Waals surface area contributed by atoms with Crippen molar-refractivity contribution in [2.24, 2.45) is 5.41 Å². The van der Waals surface area contributed by atoms with Crippen molar-refractivity contribution in [2.45, 2.75) is 51.5 Å². The van der Waals surface area contributed by atoms with E-state index >= 15 is 0 Å². The number of rotatable bonds is 6. The lowest BCUT2D eigenvalue weighted by atomic mass is 9.72. The largest absolute Gasteiger partial charge is 0.393 e. The van der Waals surface area contributed by atoms with Gasteiger partial charge in [0.2, 0.25) is 0 Å². The van der Waals surface area contributed by atoms with Gasteiger partial charge in [-0.25, -0.2) is 14.8 Å². The molecule has 2 aromatic carbocycles. The van der Waals surface area contributed by atoms with Crippen LogP contribution in [0.4, 0.5) is 23.8 Å². The van der Waals surface area contributed by atoms with E-state index in [0.29, 0.717) is 35.5 Å². The Hall–Kier alpha value is -4.37. The lowest BCUT2D eigenvalue weighted by molar-refractivity contribution is -0.127. The van der Waals surface area contributed by atoms with Crippen LogP contribution in [0.3, 0.4) is 0 Å². The number of urea groups is 1. The third kappa shape index (κ3) is 5.30. The molecule has 1 spiro atoms. The van der Waals surface area contributed by atoms with Gasteiger partial charge in [0.25, 0.3) is 0 Å². The Kier molecular flexibility index (Phi) is 6.88. The Labute approximate surface area is 252 Å². The van der Waals surface area contributed by atoms with E-state index < -0.39 is 12.6 Å². The number of anilines is 1. The zero-order valence-electron chi connectivity index (χ0n) is 24.4. The fraction of sp³-hybridized carbons (Fsp3) is 0.438. The minimum Gasteiger partial charge on any atom is -0.355 e.